The second kappa shape index (κ2) is 6.23. The lowest BCUT2D eigenvalue weighted by atomic mass is 10.1. The Labute approximate surface area is 118 Å². The van der Waals surface area contributed by atoms with E-state index < -0.39 is 31.4 Å². The van der Waals surface area contributed by atoms with Gasteiger partial charge in [0.1, 0.15) is 9.84 Å². The van der Waals surface area contributed by atoms with Gasteiger partial charge in [0.2, 0.25) is 10.0 Å². The normalized spacial score (nSPS) is 13.2. The van der Waals surface area contributed by atoms with Gasteiger partial charge in [0.15, 0.2) is 0 Å². The fourth-order valence-electron chi connectivity index (χ4n) is 1.33. The third-order valence-electron chi connectivity index (χ3n) is 2.45. The van der Waals surface area contributed by atoms with Crippen LogP contribution in [-0.4, -0.2) is 45.5 Å². The topological polar surface area (TPSA) is 113 Å². The molecule has 0 saturated carbocycles. The third-order valence-corrected chi connectivity index (χ3v) is 4.94. The van der Waals surface area contributed by atoms with E-state index in [9.17, 15) is 16.8 Å². The smallest absolute Gasteiger partial charge is 0.233 e. The molecule has 0 unspecified atom stereocenters. The summed E-state index contributed by atoms with van der Waals surface area (Å²) in [5, 5.41) is 11.6. The molecule has 0 heterocycles. The average molecular weight is 320 g/mol. The van der Waals surface area contributed by atoms with E-state index in [-0.39, 0.29) is 0 Å². The van der Waals surface area contributed by atoms with E-state index in [2.05, 4.69) is 9.88 Å². The summed E-state index contributed by atoms with van der Waals surface area (Å²) >= 11 is 0. The molecule has 2 N–H and O–H groups in total. The molecule has 0 fully saturated rings. The van der Waals surface area contributed by atoms with Gasteiger partial charge in [-0.15, -0.1) is 0 Å². The molecule has 0 atom stereocenters. The van der Waals surface area contributed by atoms with Gasteiger partial charge in [-0.25, -0.2) is 16.8 Å². The second-order valence-corrected chi connectivity index (χ2v) is 8.42. The van der Waals surface area contributed by atoms with Crippen molar-refractivity contribution < 1.29 is 22.0 Å². The number of hydrogen-bond donors (Lipinski definition) is 2. The minimum absolute atomic E-state index is 0.313. The van der Waals surface area contributed by atoms with Crippen LogP contribution in [0.1, 0.15) is 12.5 Å². The van der Waals surface area contributed by atoms with Crippen LogP contribution in [0.5, 0.6) is 0 Å². The van der Waals surface area contributed by atoms with Gasteiger partial charge in [0.25, 0.3) is 0 Å². The zero-order valence-electron chi connectivity index (χ0n) is 11.1. The van der Waals surface area contributed by atoms with Crippen molar-refractivity contribution >= 4 is 31.3 Å². The predicted octanol–water partition coefficient (Wildman–Crippen LogP) is 0.671. The molecule has 0 amide bonds. The number of nitrogens with one attached hydrogen (secondary N) is 1. The number of nitrogens with zero attached hydrogens (tertiary/aromatic N) is 1. The zero-order valence-corrected chi connectivity index (χ0v) is 12.7. The van der Waals surface area contributed by atoms with Gasteiger partial charge >= 0.3 is 0 Å². The fourth-order valence-corrected chi connectivity index (χ4v) is 4.01. The van der Waals surface area contributed by atoms with Gasteiger partial charge in [0, 0.05) is 11.9 Å². The molecule has 0 aromatic heterocycles. The maximum Gasteiger partial charge on any atom is 0.233 e. The van der Waals surface area contributed by atoms with E-state index in [1.54, 1.807) is 19.1 Å². The van der Waals surface area contributed by atoms with Gasteiger partial charge in [-0.3, -0.25) is 4.72 Å². The number of sulfonamides is 1. The number of anilines is 1. The summed E-state index contributed by atoms with van der Waals surface area (Å²) in [5.41, 5.74) is 1.36. The Hall–Kier alpha value is -1.61. The molecular formula is C11H16N2O5S2. The van der Waals surface area contributed by atoms with E-state index in [0.717, 1.165) is 6.26 Å². The van der Waals surface area contributed by atoms with Crippen LogP contribution >= 0.6 is 0 Å². The van der Waals surface area contributed by atoms with Crippen LogP contribution in [0.3, 0.4) is 0 Å². The van der Waals surface area contributed by atoms with Crippen LogP contribution in [0.4, 0.5) is 5.69 Å². The molecule has 9 heteroatoms. The SMILES string of the molecule is CC(=NO)c1ccc(NS(=O)(=O)CCS(C)(=O)=O)cc1. The number of benzene rings is 1. The number of rotatable bonds is 6. The Morgan fingerprint density at radius 1 is 1.15 bits per heavy atom. The molecule has 1 aromatic rings. The van der Waals surface area contributed by atoms with Crippen molar-refractivity contribution in [3.8, 4) is 0 Å². The largest absolute Gasteiger partial charge is 0.411 e. The molecular weight excluding hydrogens is 304 g/mol. The van der Waals surface area contributed by atoms with Gasteiger partial charge < -0.3 is 5.21 Å². The number of hydrogen-bond acceptors (Lipinski definition) is 6. The Balaban J connectivity index is 2.78. The number of oxime groups is 1. The van der Waals surface area contributed by atoms with Crippen molar-refractivity contribution in [1.29, 1.82) is 0 Å². The van der Waals surface area contributed by atoms with E-state index >= 15 is 0 Å². The molecule has 0 aliphatic carbocycles. The first-order valence-corrected chi connectivity index (χ1v) is 9.31. The van der Waals surface area contributed by atoms with Crippen molar-refractivity contribution in [2.45, 2.75) is 6.92 Å². The Morgan fingerprint density at radius 2 is 1.70 bits per heavy atom. The zero-order chi connectivity index (χ0) is 15.4. The van der Waals surface area contributed by atoms with Crippen molar-refractivity contribution in [3.63, 3.8) is 0 Å². The molecule has 0 radical (unpaired) electrons. The number of sulfone groups is 1. The highest BCUT2D eigenvalue weighted by Crippen LogP contribution is 2.12. The Kier molecular flexibility index (Phi) is 5.12. The van der Waals surface area contributed by atoms with E-state index in [0.29, 0.717) is 17.0 Å². The van der Waals surface area contributed by atoms with Crippen molar-refractivity contribution in [2.75, 3.05) is 22.5 Å². The summed E-state index contributed by atoms with van der Waals surface area (Å²) in [5.74, 6) is -0.929. The first kappa shape index (κ1) is 16.4. The first-order valence-electron chi connectivity index (χ1n) is 5.60. The predicted molar refractivity (Wildman–Crippen MR) is 77.6 cm³/mol. The van der Waals surface area contributed by atoms with Crippen molar-refractivity contribution in [3.05, 3.63) is 29.8 Å². The summed E-state index contributed by atoms with van der Waals surface area (Å²) < 4.78 is 47.6. The van der Waals surface area contributed by atoms with Gasteiger partial charge in [-0.2, -0.15) is 0 Å². The highest BCUT2D eigenvalue weighted by Gasteiger charge is 2.14. The Bertz CT molecular complexity index is 691. The summed E-state index contributed by atoms with van der Waals surface area (Å²) in [7, 11) is -7.05. The summed E-state index contributed by atoms with van der Waals surface area (Å²) in [6.07, 6.45) is 0.980. The minimum Gasteiger partial charge on any atom is -0.411 e. The van der Waals surface area contributed by atoms with Crippen molar-refractivity contribution in [1.82, 2.24) is 0 Å². The fraction of sp³-hybridized carbons (Fsp3) is 0.364. The lowest BCUT2D eigenvalue weighted by Gasteiger charge is -2.08. The molecule has 0 saturated heterocycles. The molecule has 0 aliphatic rings. The molecule has 1 aromatic carbocycles. The van der Waals surface area contributed by atoms with Crippen LogP contribution < -0.4 is 4.72 Å². The van der Waals surface area contributed by atoms with Gasteiger partial charge in [0.05, 0.1) is 17.2 Å². The van der Waals surface area contributed by atoms with Crippen LogP contribution in [0.25, 0.3) is 0 Å². The lowest BCUT2D eigenvalue weighted by Crippen LogP contribution is -2.22. The molecule has 0 spiro atoms. The third kappa shape index (κ3) is 5.57. The van der Waals surface area contributed by atoms with Crippen LogP contribution in [0, 0.1) is 0 Å². The second-order valence-electron chi connectivity index (χ2n) is 4.31. The van der Waals surface area contributed by atoms with E-state index in [4.69, 9.17) is 5.21 Å². The van der Waals surface area contributed by atoms with Crippen LogP contribution in [0.15, 0.2) is 29.4 Å². The average Bonchev–Trinajstić information content (AvgIpc) is 2.35. The monoisotopic (exact) mass is 320 g/mol. The van der Waals surface area contributed by atoms with Crippen molar-refractivity contribution in [2.24, 2.45) is 5.16 Å². The molecule has 0 aliphatic heterocycles. The molecule has 0 bridgehead atoms. The first-order chi connectivity index (χ1) is 9.13. The Morgan fingerprint density at radius 3 is 2.15 bits per heavy atom. The maximum atomic E-state index is 11.7. The van der Waals surface area contributed by atoms with Gasteiger partial charge in [-0.05, 0) is 24.6 Å². The highest BCUT2D eigenvalue weighted by molar-refractivity contribution is 7.95. The molecule has 7 nitrogen and oxygen atoms in total. The summed E-state index contributed by atoms with van der Waals surface area (Å²) in [6, 6.07) is 6.18. The quantitative estimate of drug-likeness (QED) is 0.454. The highest BCUT2D eigenvalue weighted by atomic mass is 32.2. The molecule has 112 valence electrons. The van der Waals surface area contributed by atoms with Crippen LogP contribution in [0.2, 0.25) is 0 Å². The summed E-state index contributed by atoms with van der Waals surface area (Å²) in [6.45, 7) is 1.60. The van der Waals surface area contributed by atoms with E-state index in [1.165, 1.54) is 12.1 Å². The maximum absolute atomic E-state index is 11.7. The van der Waals surface area contributed by atoms with Crippen LogP contribution in [-0.2, 0) is 19.9 Å². The molecule has 20 heavy (non-hydrogen) atoms. The minimum atomic E-state index is -3.72. The van der Waals surface area contributed by atoms with Gasteiger partial charge in [-0.1, -0.05) is 17.3 Å². The lowest BCUT2D eigenvalue weighted by molar-refractivity contribution is 0.319. The standard InChI is InChI=1S/C11H16N2O5S2/c1-9(12-14)10-3-5-11(6-4-10)13-20(17,18)8-7-19(2,15)16/h3-6,13-14H,7-8H2,1-2H3. The van der Waals surface area contributed by atoms with E-state index in [1.807, 2.05) is 0 Å². The molecule has 1 rings (SSSR count). The summed E-state index contributed by atoms with van der Waals surface area (Å²) in [4.78, 5) is 0.